The van der Waals surface area contributed by atoms with Crippen molar-refractivity contribution in [1.82, 2.24) is 14.9 Å². The van der Waals surface area contributed by atoms with E-state index in [1.54, 1.807) is 33.1 Å². The molecule has 0 unspecified atom stereocenters. The number of benzene rings is 1. The van der Waals surface area contributed by atoms with Gasteiger partial charge in [-0.3, -0.25) is 0 Å². The zero-order valence-electron chi connectivity index (χ0n) is 12.1. The van der Waals surface area contributed by atoms with E-state index in [0.717, 1.165) is 5.56 Å². The smallest absolute Gasteiger partial charge is 0.240 e. The lowest BCUT2D eigenvalue weighted by Crippen LogP contribution is -2.26. The molecule has 1 heterocycles. The van der Waals surface area contributed by atoms with Crippen LogP contribution in [0.5, 0.6) is 5.75 Å². The van der Waals surface area contributed by atoms with Gasteiger partial charge in [0.1, 0.15) is 5.75 Å². The summed E-state index contributed by atoms with van der Waals surface area (Å²) >= 11 is 0. The SMILES string of the molecule is COc1ccc(S(=O)(=O)NCCc2nnc(C)o2)cc1C. The monoisotopic (exact) mass is 311 g/mol. The van der Waals surface area contributed by atoms with Gasteiger partial charge < -0.3 is 9.15 Å². The van der Waals surface area contributed by atoms with Crippen LogP contribution in [-0.4, -0.2) is 32.3 Å². The third-order valence-corrected chi connectivity index (χ3v) is 4.33. The molecular weight excluding hydrogens is 294 g/mol. The van der Waals surface area contributed by atoms with Crippen molar-refractivity contribution < 1.29 is 17.6 Å². The highest BCUT2D eigenvalue weighted by molar-refractivity contribution is 7.89. The molecule has 7 nitrogen and oxygen atoms in total. The fraction of sp³-hybridized carbons (Fsp3) is 0.385. The van der Waals surface area contributed by atoms with Gasteiger partial charge >= 0.3 is 0 Å². The predicted octanol–water partition coefficient (Wildman–Crippen LogP) is 1.22. The molecule has 0 fully saturated rings. The highest BCUT2D eigenvalue weighted by atomic mass is 32.2. The molecule has 21 heavy (non-hydrogen) atoms. The van der Waals surface area contributed by atoms with Crippen molar-refractivity contribution in [2.45, 2.75) is 25.2 Å². The average Bonchev–Trinajstić information content (AvgIpc) is 2.84. The molecule has 1 aromatic carbocycles. The molecule has 0 spiro atoms. The zero-order chi connectivity index (χ0) is 15.5. The van der Waals surface area contributed by atoms with E-state index in [1.165, 1.54) is 6.07 Å². The summed E-state index contributed by atoms with van der Waals surface area (Å²) in [6, 6.07) is 4.70. The van der Waals surface area contributed by atoms with Crippen molar-refractivity contribution in [2.24, 2.45) is 0 Å². The summed E-state index contributed by atoms with van der Waals surface area (Å²) < 4.78 is 37.1. The number of hydrogen-bond acceptors (Lipinski definition) is 6. The second-order valence-electron chi connectivity index (χ2n) is 4.49. The fourth-order valence-electron chi connectivity index (χ4n) is 1.83. The normalized spacial score (nSPS) is 11.6. The van der Waals surface area contributed by atoms with E-state index in [-0.39, 0.29) is 11.4 Å². The Bertz CT molecular complexity index is 725. The molecule has 0 radical (unpaired) electrons. The number of methoxy groups -OCH3 is 1. The van der Waals surface area contributed by atoms with Gasteiger partial charge in [0.2, 0.25) is 21.8 Å². The third kappa shape index (κ3) is 3.79. The van der Waals surface area contributed by atoms with Crippen molar-refractivity contribution >= 4 is 10.0 Å². The highest BCUT2D eigenvalue weighted by Gasteiger charge is 2.15. The second-order valence-corrected chi connectivity index (χ2v) is 6.26. The van der Waals surface area contributed by atoms with Crippen molar-refractivity contribution in [3.63, 3.8) is 0 Å². The van der Waals surface area contributed by atoms with Crippen LogP contribution in [0.1, 0.15) is 17.3 Å². The average molecular weight is 311 g/mol. The van der Waals surface area contributed by atoms with Crippen LogP contribution in [0.3, 0.4) is 0 Å². The topological polar surface area (TPSA) is 94.3 Å². The zero-order valence-corrected chi connectivity index (χ0v) is 12.9. The Morgan fingerprint density at radius 1 is 1.29 bits per heavy atom. The fourth-order valence-corrected chi connectivity index (χ4v) is 2.95. The summed E-state index contributed by atoms with van der Waals surface area (Å²) in [7, 11) is -2.02. The molecule has 1 N–H and O–H groups in total. The van der Waals surface area contributed by atoms with Crippen LogP contribution in [-0.2, 0) is 16.4 Å². The van der Waals surface area contributed by atoms with E-state index in [0.29, 0.717) is 24.0 Å². The number of aryl methyl sites for hydroxylation is 2. The number of nitrogens with one attached hydrogen (secondary N) is 1. The number of hydrogen-bond donors (Lipinski definition) is 1. The van der Waals surface area contributed by atoms with Crippen LogP contribution in [0.15, 0.2) is 27.5 Å². The molecule has 0 bridgehead atoms. The standard InChI is InChI=1S/C13H17N3O4S/c1-9-8-11(4-5-12(9)19-3)21(17,18)14-7-6-13-16-15-10(2)20-13/h4-5,8,14H,6-7H2,1-3H3. The van der Waals surface area contributed by atoms with Crippen molar-refractivity contribution in [3.8, 4) is 5.75 Å². The number of ether oxygens (including phenoxy) is 1. The number of nitrogens with zero attached hydrogens (tertiary/aromatic N) is 2. The lowest BCUT2D eigenvalue weighted by molar-refractivity contribution is 0.411. The Labute approximate surface area is 123 Å². The van der Waals surface area contributed by atoms with Crippen LogP contribution in [0.2, 0.25) is 0 Å². The molecule has 0 atom stereocenters. The third-order valence-electron chi connectivity index (χ3n) is 2.88. The molecule has 0 saturated carbocycles. The first-order chi connectivity index (χ1) is 9.92. The number of rotatable bonds is 6. The lowest BCUT2D eigenvalue weighted by atomic mass is 10.2. The Morgan fingerprint density at radius 3 is 2.62 bits per heavy atom. The van der Waals surface area contributed by atoms with E-state index in [2.05, 4.69) is 14.9 Å². The largest absolute Gasteiger partial charge is 0.496 e. The van der Waals surface area contributed by atoms with E-state index in [1.807, 2.05) is 0 Å². The van der Waals surface area contributed by atoms with Gasteiger partial charge in [-0.25, -0.2) is 13.1 Å². The minimum Gasteiger partial charge on any atom is -0.496 e. The van der Waals surface area contributed by atoms with Gasteiger partial charge in [0.05, 0.1) is 12.0 Å². The Hall–Kier alpha value is -1.93. The summed E-state index contributed by atoms with van der Waals surface area (Å²) in [5.41, 5.74) is 0.757. The Kier molecular flexibility index (Phi) is 4.59. The molecule has 0 aliphatic carbocycles. The van der Waals surface area contributed by atoms with E-state index >= 15 is 0 Å². The van der Waals surface area contributed by atoms with Gasteiger partial charge in [-0.1, -0.05) is 0 Å². The molecule has 114 valence electrons. The maximum absolute atomic E-state index is 12.2. The van der Waals surface area contributed by atoms with Gasteiger partial charge in [0, 0.05) is 19.9 Å². The van der Waals surface area contributed by atoms with Crippen molar-refractivity contribution in [1.29, 1.82) is 0 Å². The summed E-state index contributed by atoms with van der Waals surface area (Å²) in [6.07, 6.45) is 0.342. The predicted molar refractivity (Wildman–Crippen MR) is 75.7 cm³/mol. The number of sulfonamides is 1. The van der Waals surface area contributed by atoms with Gasteiger partial charge in [-0.2, -0.15) is 0 Å². The minimum absolute atomic E-state index is 0.190. The Morgan fingerprint density at radius 2 is 2.05 bits per heavy atom. The second kappa shape index (κ2) is 6.23. The van der Waals surface area contributed by atoms with Gasteiger partial charge in [-0.15, -0.1) is 10.2 Å². The van der Waals surface area contributed by atoms with Gasteiger partial charge in [0.15, 0.2) is 0 Å². The first-order valence-corrected chi connectivity index (χ1v) is 7.84. The molecule has 0 saturated heterocycles. The van der Waals surface area contributed by atoms with Crippen LogP contribution in [0.25, 0.3) is 0 Å². The summed E-state index contributed by atoms with van der Waals surface area (Å²) in [4.78, 5) is 0.197. The van der Waals surface area contributed by atoms with Gasteiger partial charge in [0.25, 0.3) is 0 Å². The van der Waals surface area contributed by atoms with Gasteiger partial charge in [-0.05, 0) is 30.7 Å². The molecular formula is C13H17N3O4S. The molecule has 8 heteroatoms. The first kappa shape index (κ1) is 15.5. The molecule has 0 amide bonds. The summed E-state index contributed by atoms with van der Waals surface area (Å²) in [5, 5.41) is 7.49. The first-order valence-electron chi connectivity index (χ1n) is 6.35. The van der Waals surface area contributed by atoms with E-state index in [9.17, 15) is 8.42 Å². The molecule has 2 aromatic rings. The van der Waals surface area contributed by atoms with E-state index < -0.39 is 10.0 Å². The summed E-state index contributed by atoms with van der Waals surface area (Å²) in [5.74, 6) is 1.51. The Balaban J connectivity index is 2.02. The quantitative estimate of drug-likeness (QED) is 0.862. The maximum Gasteiger partial charge on any atom is 0.240 e. The maximum atomic E-state index is 12.2. The lowest BCUT2D eigenvalue weighted by Gasteiger charge is -2.09. The molecule has 1 aromatic heterocycles. The van der Waals surface area contributed by atoms with Crippen LogP contribution in [0, 0.1) is 13.8 Å². The van der Waals surface area contributed by atoms with E-state index in [4.69, 9.17) is 9.15 Å². The van der Waals surface area contributed by atoms with Crippen LogP contribution < -0.4 is 9.46 Å². The minimum atomic E-state index is -3.57. The van der Waals surface area contributed by atoms with Crippen LogP contribution >= 0.6 is 0 Å². The highest BCUT2D eigenvalue weighted by Crippen LogP contribution is 2.21. The molecule has 0 aliphatic rings. The van der Waals surface area contributed by atoms with Crippen molar-refractivity contribution in [2.75, 3.05) is 13.7 Å². The molecule has 0 aliphatic heterocycles. The number of aromatic nitrogens is 2. The molecule has 2 rings (SSSR count). The van der Waals surface area contributed by atoms with Crippen molar-refractivity contribution in [3.05, 3.63) is 35.5 Å². The van der Waals surface area contributed by atoms with Crippen LogP contribution in [0.4, 0.5) is 0 Å². The summed E-state index contributed by atoms with van der Waals surface area (Å²) in [6.45, 7) is 3.66.